The number of aromatic nitrogens is 2. The summed E-state index contributed by atoms with van der Waals surface area (Å²) in [6.45, 7) is 4.06. The van der Waals surface area contributed by atoms with E-state index in [1.807, 2.05) is 48.7 Å². The minimum Gasteiger partial charge on any atom is -0.348 e. The van der Waals surface area contributed by atoms with Crippen molar-refractivity contribution in [1.29, 1.82) is 0 Å². The maximum Gasteiger partial charge on any atom is 0.240 e. The van der Waals surface area contributed by atoms with Crippen molar-refractivity contribution in [2.75, 3.05) is 0 Å². The summed E-state index contributed by atoms with van der Waals surface area (Å²) >= 11 is 0. The van der Waals surface area contributed by atoms with Crippen LogP contribution in [0.4, 0.5) is 0 Å². The monoisotopic (exact) mass is 335 g/mol. The fraction of sp³-hybridized carbons (Fsp3) is 0.250. The zero-order valence-electron chi connectivity index (χ0n) is 14.4. The number of hydrogen-bond acceptors (Lipinski definition) is 3. The first-order valence-electron chi connectivity index (χ1n) is 8.38. The summed E-state index contributed by atoms with van der Waals surface area (Å²) < 4.78 is 1.88. The van der Waals surface area contributed by atoms with Gasteiger partial charge in [-0.15, -0.1) is 0 Å². The number of benzene rings is 1. The van der Waals surface area contributed by atoms with Gasteiger partial charge in [-0.1, -0.05) is 19.1 Å². The van der Waals surface area contributed by atoms with Gasteiger partial charge in [-0.05, 0) is 43.2 Å². The highest BCUT2D eigenvalue weighted by atomic mass is 16.2. The van der Waals surface area contributed by atoms with E-state index >= 15 is 0 Å². The molecule has 0 bridgehead atoms. The molecule has 2 aromatic heterocycles. The molecule has 0 aliphatic carbocycles. The largest absolute Gasteiger partial charge is 0.348 e. The summed E-state index contributed by atoms with van der Waals surface area (Å²) in [4.78, 5) is 28.8. The number of rotatable bonds is 5. The van der Waals surface area contributed by atoms with Crippen molar-refractivity contribution >= 4 is 16.8 Å². The Morgan fingerprint density at radius 1 is 1.20 bits per heavy atom. The normalized spacial score (nSPS) is 12.1. The Balaban J connectivity index is 1.86. The second kappa shape index (κ2) is 7.30. The summed E-state index contributed by atoms with van der Waals surface area (Å²) in [5.41, 5.74) is 2.57. The molecule has 1 unspecified atom stereocenters. The first-order valence-corrected chi connectivity index (χ1v) is 8.38. The summed E-state index contributed by atoms with van der Waals surface area (Å²) in [6.07, 6.45) is 4.24. The molecule has 0 aliphatic rings. The van der Waals surface area contributed by atoms with Crippen molar-refractivity contribution < 1.29 is 4.79 Å². The summed E-state index contributed by atoms with van der Waals surface area (Å²) in [6, 6.07) is 12.7. The fourth-order valence-corrected chi connectivity index (χ4v) is 3.06. The van der Waals surface area contributed by atoms with Crippen molar-refractivity contribution in [3.05, 3.63) is 76.3 Å². The van der Waals surface area contributed by atoms with Crippen molar-refractivity contribution in [2.45, 2.75) is 32.9 Å². The van der Waals surface area contributed by atoms with E-state index in [0.717, 1.165) is 23.2 Å². The molecule has 0 saturated carbocycles. The lowest BCUT2D eigenvalue weighted by atomic mass is 10.1. The van der Waals surface area contributed by atoms with Crippen molar-refractivity contribution in [1.82, 2.24) is 14.9 Å². The standard InChI is InChI=1S/C20H21N3O2/c1-3-17(15-8-10-21-11-9-15)22-20(25)13-23-14(2)12-19(24)16-6-4-5-7-18(16)23/h4-12,17H,3,13H2,1-2H3,(H,22,25). The van der Waals surface area contributed by atoms with Gasteiger partial charge in [0.15, 0.2) is 5.43 Å². The van der Waals surface area contributed by atoms with E-state index in [9.17, 15) is 9.59 Å². The van der Waals surface area contributed by atoms with Crippen molar-refractivity contribution in [3.63, 3.8) is 0 Å². The van der Waals surface area contributed by atoms with Crippen LogP contribution in [0.15, 0.2) is 59.7 Å². The second-order valence-corrected chi connectivity index (χ2v) is 6.06. The number of para-hydroxylation sites is 1. The van der Waals surface area contributed by atoms with Crippen LogP contribution in [0.2, 0.25) is 0 Å². The molecule has 0 fully saturated rings. The Kier molecular flexibility index (Phi) is 4.93. The molecule has 5 nitrogen and oxygen atoms in total. The summed E-state index contributed by atoms with van der Waals surface area (Å²) in [5, 5.41) is 3.70. The van der Waals surface area contributed by atoms with Crippen LogP contribution in [-0.2, 0) is 11.3 Å². The molecular weight excluding hydrogens is 314 g/mol. The van der Waals surface area contributed by atoms with E-state index in [1.54, 1.807) is 24.5 Å². The van der Waals surface area contributed by atoms with Crippen molar-refractivity contribution in [3.8, 4) is 0 Å². The highest BCUT2D eigenvalue weighted by Gasteiger charge is 2.14. The Hall–Kier alpha value is -2.95. The van der Waals surface area contributed by atoms with Crippen LogP contribution in [-0.4, -0.2) is 15.5 Å². The average molecular weight is 335 g/mol. The third-order valence-electron chi connectivity index (χ3n) is 4.38. The molecule has 3 aromatic rings. The topological polar surface area (TPSA) is 64.0 Å². The van der Waals surface area contributed by atoms with Gasteiger partial charge in [0.05, 0.1) is 11.6 Å². The molecule has 5 heteroatoms. The number of amides is 1. The zero-order valence-corrected chi connectivity index (χ0v) is 14.4. The highest BCUT2D eigenvalue weighted by molar-refractivity contribution is 5.82. The first-order chi connectivity index (χ1) is 12.1. The van der Waals surface area contributed by atoms with Gasteiger partial charge in [0.2, 0.25) is 5.91 Å². The van der Waals surface area contributed by atoms with Crippen LogP contribution >= 0.6 is 0 Å². The van der Waals surface area contributed by atoms with Gasteiger partial charge < -0.3 is 9.88 Å². The Bertz CT molecular complexity index is 948. The molecule has 1 amide bonds. The molecule has 0 radical (unpaired) electrons. The number of carbonyl (C=O) groups is 1. The van der Waals surface area contributed by atoms with Gasteiger partial charge in [0.1, 0.15) is 6.54 Å². The SMILES string of the molecule is CCC(NC(=O)Cn1c(C)cc(=O)c2ccccc21)c1ccncc1. The third-order valence-corrected chi connectivity index (χ3v) is 4.38. The Morgan fingerprint density at radius 2 is 1.92 bits per heavy atom. The van der Waals surface area contributed by atoms with Crippen LogP contribution in [0, 0.1) is 6.92 Å². The zero-order chi connectivity index (χ0) is 17.8. The lowest BCUT2D eigenvalue weighted by Crippen LogP contribution is -2.32. The second-order valence-electron chi connectivity index (χ2n) is 6.06. The molecule has 1 aromatic carbocycles. The van der Waals surface area contributed by atoms with E-state index in [0.29, 0.717) is 5.39 Å². The Labute approximate surface area is 146 Å². The number of nitrogens with zero attached hydrogens (tertiary/aromatic N) is 2. The highest BCUT2D eigenvalue weighted by Crippen LogP contribution is 2.16. The smallest absolute Gasteiger partial charge is 0.240 e. The first kappa shape index (κ1) is 16.9. The van der Waals surface area contributed by atoms with Gasteiger partial charge in [-0.3, -0.25) is 14.6 Å². The lowest BCUT2D eigenvalue weighted by molar-refractivity contribution is -0.122. The maximum atomic E-state index is 12.6. The summed E-state index contributed by atoms with van der Waals surface area (Å²) in [7, 11) is 0. The molecule has 0 spiro atoms. The molecule has 1 atom stereocenters. The van der Waals surface area contributed by atoms with Crippen molar-refractivity contribution in [2.24, 2.45) is 0 Å². The van der Waals surface area contributed by atoms with Gasteiger partial charge in [0, 0.05) is 29.5 Å². The fourth-order valence-electron chi connectivity index (χ4n) is 3.06. The van der Waals surface area contributed by atoms with E-state index < -0.39 is 0 Å². The van der Waals surface area contributed by atoms with Crippen LogP contribution in [0.5, 0.6) is 0 Å². The molecular formula is C20H21N3O2. The molecule has 25 heavy (non-hydrogen) atoms. The van der Waals surface area contributed by atoms with E-state index in [1.165, 1.54) is 0 Å². The number of nitrogens with one attached hydrogen (secondary N) is 1. The summed E-state index contributed by atoms with van der Waals surface area (Å²) in [5.74, 6) is -0.0828. The van der Waals surface area contributed by atoms with Gasteiger partial charge in [-0.25, -0.2) is 0 Å². The Morgan fingerprint density at radius 3 is 2.64 bits per heavy atom. The van der Waals surface area contributed by atoms with Crippen LogP contribution in [0.3, 0.4) is 0 Å². The lowest BCUT2D eigenvalue weighted by Gasteiger charge is -2.19. The van der Waals surface area contributed by atoms with Crippen LogP contribution in [0.1, 0.15) is 30.6 Å². The molecule has 0 aliphatic heterocycles. The van der Waals surface area contributed by atoms with Crippen LogP contribution in [0.25, 0.3) is 10.9 Å². The number of pyridine rings is 2. The molecule has 1 N–H and O–H groups in total. The van der Waals surface area contributed by atoms with Gasteiger partial charge >= 0.3 is 0 Å². The van der Waals surface area contributed by atoms with E-state index in [2.05, 4.69) is 10.3 Å². The molecule has 128 valence electrons. The number of aryl methyl sites for hydroxylation is 1. The van der Waals surface area contributed by atoms with Gasteiger partial charge in [-0.2, -0.15) is 0 Å². The number of carbonyl (C=O) groups excluding carboxylic acids is 1. The predicted molar refractivity (Wildman–Crippen MR) is 98.4 cm³/mol. The number of hydrogen-bond donors (Lipinski definition) is 1. The predicted octanol–water partition coefficient (Wildman–Crippen LogP) is 2.97. The minimum absolute atomic E-state index is 0.0204. The van der Waals surface area contributed by atoms with Gasteiger partial charge in [0.25, 0.3) is 0 Å². The third kappa shape index (κ3) is 3.60. The molecule has 3 rings (SSSR count). The average Bonchev–Trinajstić information content (AvgIpc) is 2.64. The number of fused-ring (bicyclic) bond motifs is 1. The molecule has 0 saturated heterocycles. The minimum atomic E-state index is -0.0828. The van der Waals surface area contributed by atoms with E-state index in [4.69, 9.17) is 0 Å². The van der Waals surface area contributed by atoms with Crippen LogP contribution < -0.4 is 10.7 Å². The van der Waals surface area contributed by atoms with E-state index in [-0.39, 0.29) is 23.9 Å². The quantitative estimate of drug-likeness (QED) is 0.779. The maximum absolute atomic E-state index is 12.6. The molecule has 2 heterocycles.